The van der Waals surface area contributed by atoms with Gasteiger partial charge in [0, 0.05) is 6.04 Å². The molecule has 1 rings (SSSR count). The van der Waals surface area contributed by atoms with Gasteiger partial charge >= 0.3 is 0 Å². The maximum absolute atomic E-state index is 13.2. The van der Waals surface area contributed by atoms with Crippen molar-refractivity contribution in [2.45, 2.75) is 32.7 Å². The predicted octanol–water partition coefficient (Wildman–Crippen LogP) is 2.69. The van der Waals surface area contributed by atoms with Crippen LogP contribution in [0.2, 0.25) is 0 Å². The Bertz CT molecular complexity index is 383. The molecule has 0 heterocycles. The number of hydrazine groups is 1. The topological polar surface area (TPSA) is 41.3 Å². The number of hydrogen-bond acceptors (Lipinski definition) is 3. The van der Waals surface area contributed by atoms with Crippen LogP contribution in [0.5, 0.6) is 0 Å². The smallest absolute Gasteiger partial charge is 0.137 e. The zero-order valence-electron chi connectivity index (χ0n) is 11.6. The van der Waals surface area contributed by atoms with Gasteiger partial charge in [-0.3, -0.25) is 11.3 Å². The van der Waals surface area contributed by atoms with Crippen LogP contribution < -0.4 is 11.3 Å². The van der Waals surface area contributed by atoms with E-state index in [4.69, 9.17) is 5.84 Å². The summed E-state index contributed by atoms with van der Waals surface area (Å²) in [5.74, 6) is 5.37. The first kappa shape index (κ1) is 16.6. The molecule has 0 aromatic heterocycles. The summed E-state index contributed by atoms with van der Waals surface area (Å²) >= 11 is 3.21. The summed E-state index contributed by atoms with van der Waals surface area (Å²) < 4.78 is 13.7. The van der Waals surface area contributed by atoms with E-state index in [-0.39, 0.29) is 11.9 Å². The first-order valence-electron chi connectivity index (χ1n) is 6.73. The largest absolute Gasteiger partial charge is 0.304 e. The Morgan fingerprint density at radius 2 is 2.05 bits per heavy atom. The molecule has 1 unspecified atom stereocenters. The maximum Gasteiger partial charge on any atom is 0.137 e. The summed E-state index contributed by atoms with van der Waals surface area (Å²) in [6, 6.07) is 5.31. The Balaban J connectivity index is 2.53. The van der Waals surface area contributed by atoms with Crippen LogP contribution in [-0.4, -0.2) is 30.6 Å². The summed E-state index contributed by atoms with van der Waals surface area (Å²) in [6.45, 7) is 7.44. The molecule has 0 amide bonds. The van der Waals surface area contributed by atoms with Gasteiger partial charge in [-0.25, -0.2) is 4.39 Å². The Labute approximate surface area is 123 Å². The molecule has 0 saturated heterocycles. The van der Waals surface area contributed by atoms with E-state index in [2.05, 4.69) is 40.1 Å². The highest BCUT2D eigenvalue weighted by atomic mass is 79.9. The lowest BCUT2D eigenvalue weighted by Crippen LogP contribution is -2.39. The number of hydrogen-bond donors (Lipinski definition) is 2. The summed E-state index contributed by atoms with van der Waals surface area (Å²) in [6.07, 6.45) is 1.78. The molecule has 0 fully saturated rings. The Kier molecular flexibility index (Phi) is 7.53. The molecule has 1 atom stereocenters. The monoisotopic (exact) mass is 331 g/mol. The molecule has 0 saturated carbocycles. The van der Waals surface area contributed by atoms with E-state index >= 15 is 0 Å². The Morgan fingerprint density at radius 1 is 1.37 bits per heavy atom. The predicted molar refractivity (Wildman–Crippen MR) is 81.3 cm³/mol. The van der Waals surface area contributed by atoms with Crippen LogP contribution in [0.1, 0.15) is 25.8 Å². The van der Waals surface area contributed by atoms with Crippen LogP contribution in [0.25, 0.3) is 0 Å². The van der Waals surface area contributed by atoms with Gasteiger partial charge in [0.1, 0.15) is 5.82 Å². The molecule has 3 nitrogen and oxygen atoms in total. The van der Waals surface area contributed by atoms with Gasteiger partial charge in [-0.1, -0.05) is 19.9 Å². The Morgan fingerprint density at radius 3 is 2.58 bits per heavy atom. The molecule has 1 aromatic rings. The van der Waals surface area contributed by atoms with Gasteiger partial charge < -0.3 is 4.90 Å². The molecule has 0 aliphatic carbocycles. The quantitative estimate of drug-likeness (QED) is 0.568. The summed E-state index contributed by atoms with van der Waals surface area (Å²) in [4.78, 5) is 2.37. The van der Waals surface area contributed by atoms with Gasteiger partial charge in [0.05, 0.1) is 4.47 Å². The van der Waals surface area contributed by atoms with Crippen LogP contribution >= 0.6 is 15.9 Å². The fourth-order valence-electron chi connectivity index (χ4n) is 2.07. The van der Waals surface area contributed by atoms with Crippen LogP contribution in [0.15, 0.2) is 22.7 Å². The first-order chi connectivity index (χ1) is 9.10. The molecule has 3 N–H and O–H groups in total. The summed E-state index contributed by atoms with van der Waals surface area (Å²) in [5, 5.41) is 0. The first-order valence-corrected chi connectivity index (χ1v) is 7.52. The number of nitrogens with one attached hydrogen (secondary N) is 1. The molecule has 1 aromatic carbocycles. The molecule has 0 radical (unpaired) electrons. The second-order valence-electron chi connectivity index (χ2n) is 4.63. The van der Waals surface area contributed by atoms with Gasteiger partial charge in [-0.15, -0.1) is 0 Å². The number of halogens is 2. The number of benzene rings is 1. The van der Waals surface area contributed by atoms with Crippen molar-refractivity contribution in [2.75, 3.05) is 19.6 Å². The van der Waals surface area contributed by atoms with Crippen LogP contribution in [0.4, 0.5) is 4.39 Å². The van der Waals surface area contributed by atoms with Crippen molar-refractivity contribution in [2.24, 2.45) is 5.84 Å². The van der Waals surface area contributed by atoms with Crippen LogP contribution in [0.3, 0.4) is 0 Å². The summed E-state index contributed by atoms with van der Waals surface area (Å²) in [5.41, 5.74) is 3.93. The lowest BCUT2D eigenvalue weighted by Gasteiger charge is -2.22. The van der Waals surface area contributed by atoms with E-state index in [1.807, 2.05) is 12.1 Å². The van der Waals surface area contributed by atoms with E-state index in [1.54, 1.807) is 0 Å². The van der Waals surface area contributed by atoms with Crippen molar-refractivity contribution in [3.8, 4) is 0 Å². The van der Waals surface area contributed by atoms with E-state index < -0.39 is 0 Å². The summed E-state index contributed by atoms with van der Waals surface area (Å²) in [7, 11) is 0. The second-order valence-corrected chi connectivity index (χ2v) is 5.49. The highest BCUT2D eigenvalue weighted by Crippen LogP contribution is 2.18. The third-order valence-electron chi connectivity index (χ3n) is 3.39. The van der Waals surface area contributed by atoms with E-state index in [0.29, 0.717) is 4.47 Å². The lowest BCUT2D eigenvalue weighted by molar-refractivity contribution is 0.281. The van der Waals surface area contributed by atoms with Crippen molar-refractivity contribution in [1.29, 1.82) is 0 Å². The minimum absolute atomic E-state index is 0.206. The fraction of sp³-hybridized carbons (Fsp3) is 0.571. The lowest BCUT2D eigenvalue weighted by atomic mass is 10.0. The SMILES string of the molecule is CCN(CC)CCC(Cc1ccc(F)c(Br)c1)NN. The fourth-order valence-corrected chi connectivity index (χ4v) is 2.50. The minimum atomic E-state index is -0.232. The van der Waals surface area contributed by atoms with Gasteiger partial charge in [0.2, 0.25) is 0 Å². The normalized spacial score (nSPS) is 12.9. The zero-order valence-corrected chi connectivity index (χ0v) is 13.2. The second kappa shape index (κ2) is 8.64. The van der Waals surface area contributed by atoms with Crippen molar-refractivity contribution in [3.05, 3.63) is 34.1 Å². The van der Waals surface area contributed by atoms with Gasteiger partial charge in [-0.2, -0.15) is 0 Å². The molecule has 19 heavy (non-hydrogen) atoms. The highest BCUT2D eigenvalue weighted by molar-refractivity contribution is 9.10. The third kappa shape index (κ3) is 5.57. The molecular formula is C14H23BrFN3. The standard InChI is InChI=1S/C14H23BrFN3/c1-3-19(4-2)8-7-12(18-17)9-11-5-6-14(16)13(15)10-11/h5-6,10,12,18H,3-4,7-9,17H2,1-2H3. The zero-order chi connectivity index (χ0) is 14.3. The maximum atomic E-state index is 13.2. The van der Waals surface area contributed by atoms with Gasteiger partial charge in [-0.05, 0) is 66.1 Å². The van der Waals surface area contributed by atoms with E-state index in [0.717, 1.165) is 38.0 Å². The van der Waals surface area contributed by atoms with E-state index in [9.17, 15) is 4.39 Å². The van der Waals surface area contributed by atoms with Crippen molar-refractivity contribution >= 4 is 15.9 Å². The van der Waals surface area contributed by atoms with Crippen molar-refractivity contribution < 1.29 is 4.39 Å². The van der Waals surface area contributed by atoms with E-state index in [1.165, 1.54) is 6.07 Å². The average molecular weight is 332 g/mol. The molecule has 0 spiro atoms. The van der Waals surface area contributed by atoms with Crippen LogP contribution in [-0.2, 0) is 6.42 Å². The average Bonchev–Trinajstić information content (AvgIpc) is 2.42. The molecule has 0 bridgehead atoms. The number of rotatable bonds is 8. The minimum Gasteiger partial charge on any atom is -0.304 e. The molecule has 0 aliphatic heterocycles. The molecule has 5 heteroatoms. The highest BCUT2D eigenvalue weighted by Gasteiger charge is 2.11. The number of nitrogens with two attached hydrogens (primary N) is 1. The van der Waals surface area contributed by atoms with Crippen molar-refractivity contribution in [3.63, 3.8) is 0 Å². The van der Waals surface area contributed by atoms with Gasteiger partial charge in [0.25, 0.3) is 0 Å². The molecule has 0 aliphatic rings. The Hall–Kier alpha value is -0.490. The van der Waals surface area contributed by atoms with Crippen LogP contribution in [0, 0.1) is 5.82 Å². The molecule has 108 valence electrons. The number of nitrogens with zero attached hydrogens (tertiary/aromatic N) is 1. The van der Waals surface area contributed by atoms with Gasteiger partial charge in [0.15, 0.2) is 0 Å². The van der Waals surface area contributed by atoms with Crippen molar-refractivity contribution in [1.82, 2.24) is 10.3 Å². The third-order valence-corrected chi connectivity index (χ3v) is 4.00. The molecular weight excluding hydrogens is 309 g/mol.